The highest BCUT2D eigenvalue weighted by Gasteiger charge is 2.12. The molecule has 1 N–H and O–H groups in total. The van der Waals surface area contributed by atoms with Crippen LogP contribution in [0.4, 0.5) is 4.39 Å². The van der Waals surface area contributed by atoms with Gasteiger partial charge in [0.25, 0.3) is 0 Å². The lowest BCUT2D eigenvalue weighted by Gasteiger charge is -2.14. The summed E-state index contributed by atoms with van der Waals surface area (Å²) in [6.45, 7) is 4.42. The average Bonchev–Trinajstić information content (AvgIpc) is 2.26. The summed E-state index contributed by atoms with van der Waals surface area (Å²) in [6.07, 6.45) is 0.776. The zero-order chi connectivity index (χ0) is 11.3. The van der Waals surface area contributed by atoms with Crippen molar-refractivity contribution in [2.75, 3.05) is 6.61 Å². The highest BCUT2D eigenvalue weighted by molar-refractivity contribution is 5.35. The zero-order valence-corrected chi connectivity index (χ0v) is 9.16. The largest absolute Gasteiger partial charge is 0.493 e. The second kappa shape index (κ2) is 5.71. The molecule has 0 aliphatic carbocycles. The third-order valence-electron chi connectivity index (χ3n) is 2.18. The third-order valence-corrected chi connectivity index (χ3v) is 2.18. The lowest BCUT2D eigenvalue weighted by molar-refractivity contribution is 0.166. The van der Waals surface area contributed by atoms with E-state index in [1.807, 2.05) is 13.8 Å². The van der Waals surface area contributed by atoms with Crippen molar-refractivity contribution in [3.8, 4) is 5.75 Å². The van der Waals surface area contributed by atoms with Gasteiger partial charge in [-0.3, -0.25) is 0 Å². The Morgan fingerprint density at radius 1 is 1.40 bits per heavy atom. The topological polar surface area (TPSA) is 29.5 Å². The first-order chi connectivity index (χ1) is 7.19. The van der Waals surface area contributed by atoms with Gasteiger partial charge in [0.05, 0.1) is 12.7 Å². The SMILES string of the molecule is CCCOc1ccc(F)cc1C(O)CC. The van der Waals surface area contributed by atoms with E-state index in [4.69, 9.17) is 4.74 Å². The van der Waals surface area contributed by atoms with Crippen molar-refractivity contribution in [1.82, 2.24) is 0 Å². The quantitative estimate of drug-likeness (QED) is 0.812. The zero-order valence-electron chi connectivity index (χ0n) is 9.16. The van der Waals surface area contributed by atoms with Crippen LogP contribution in [-0.4, -0.2) is 11.7 Å². The van der Waals surface area contributed by atoms with Crippen LogP contribution in [-0.2, 0) is 0 Å². The van der Waals surface area contributed by atoms with Gasteiger partial charge in [-0.25, -0.2) is 4.39 Å². The first-order valence-corrected chi connectivity index (χ1v) is 5.29. The molecule has 0 aliphatic rings. The van der Waals surface area contributed by atoms with Crippen molar-refractivity contribution >= 4 is 0 Å². The van der Waals surface area contributed by atoms with Crippen LogP contribution in [0.15, 0.2) is 18.2 Å². The monoisotopic (exact) mass is 212 g/mol. The van der Waals surface area contributed by atoms with E-state index in [1.54, 1.807) is 6.07 Å². The third kappa shape index (κ3) is 3.20. The molecule has 2 nitrogen and oxygen atoms in total. The molecular weight excluding hydrogens is 195 g/mol. The Labute approximate surface area is 89.7 Å². The Bertz CT molecular complexity index is 312. The smallest absolute Gasteiger partial charge is 0.125 e. The molecule has 1 unspecified atom stereocenters. The molecule has 0 saturated heterocycles. The number of hydrogen-bond donors (Lipinski definition) is 1. The van der Waals surface area contributed by atoms with E-state index in [9.17, 15) is 9.50 Å². The van der Waals surface area contributed by atoms with E-state index in [0.29, 0.717) is 24.3 Å². The van der Waals surface area contributed by atoms with Gasteiger partial charge in [0, 0.05) is 5.56 Å². The second-order valence-electron chi connectivity index (χ2n) is 3.45. The van der Waals surface area contributed by atoms with Crippen LogP contribution in [0.25, 0.3) is 0 Å². The highest BCUT2D eigenvalue weighted by atomic mass is 19.1. The molecule has 0 bridgehead atoms. The number of benzene rings is 1. The Hall–Kier alpha value is -1.09. The molecule has 0 amide bonds. The van der Waals surface area contributed by atoms with Gasteiger partial charge in [-0.05, 0) is 31.0 Å². The van der Waals surface area contributed by atoms with E-state index >= 15 is 0 Å². The minimum absolute atomic E-state index is 0.346. The normalized spacial score (nSPS) is 12.5. The van der Waals surface area contributed by atoms with Crippen LogP contribution in [0.3, 0.4) is 0 Å². The molecule has 1 atom stereocenters. The van der Waals surface area contributed by atoms with E-state index in [0.717, 1.165) is 6.42 Å². The van der Waals surface area contributed by atoms with Gasteiger partial charge >= 0.3 is 0 Å². The Kier molecular flexibility index (Phi) is 4.56. The van der Waals surface area contributed by atoms with Crippen LogP contribution in [0.1, 0.15) is 38.4 Å². The molecule has 0 heterocycles. The molecule has 0 saturated carbocycles. The number of rotatable bonds is 5. The van der Waals surface area contributed by atoms with Crippen LogP contribution >= 0.6 is 0 Å². The molecule has 0 spiro atoms. The molecule has 0 aromatic heterocycles. The van der Waals surface area contributed by atoms with Gasteiger partial charge in [-0.2, -0.15) is 0 Å². The van der Waals surface area contributed by atoms with Crippen molar-refractivity contribution in [1.29, 1.82) is 0 Å². The van der Waals surface area contributed by atoms with Crippen molar-refractivity contribution in [3.05, 3.63) is 29.6 Å². The van der Waals surface area contributed by atoms with E-state index in [2.05, 4.69) is 0 Å². The summed E-state index contributed by atoms with van der Waals surface area (Å²) in [4.78, 5) is 0. The van der Waals surface area contributed by atoms with Crippen LogP contribution in [0.2, 0.25) is 0 Å². The average molecular weight is 212 g/mol. The van der Waals surface area contributed by atoms with Crippen molar-refractivity contribution in [2.24, 2.45) is 0 Å². The minimum atomic E-state index is -0.660. The number of ether oxygens (including phenoxy) is 1. The molecule has 84 valence electrons. The van der Waals surface area contributed by atoms with Gasteiger partial charge in [-0.1, -0.05) is 13.8 Å². The standard InChI is InChI=1S/C12H17FO2/c1-3-7-15-12-6-5-9(13)8-10(12)11(14)4-2/h5-6,8,11,14H,3-4,7H2,1-2H3. The molecule has 15 heavy (non-hydrogen) atoms. The Morgan fingerprint density at radius 2 is 2.13 bits per heavy atom. The maximum Gasteiger partial charge on any atom is 0.125 e. The molecular formula is C12H17FO2. The van der Waals surface area contributed by atoms with Gasteiger partial charge in [0.15, 0.2) is 0 Å². The fourth-order valence-electron chi connectivity index (χ4n) is 1.34. The molecule has 0 fully saturated rings. The second-order valence-corrected chi connectivity index (χ2v) is 3.45. The lowest BCUT2D eigenvalue weighted by Crippen LogP contribution is -2.03. The molecule has 3 heteroatoms. The molecule has 1 rings (SSSR count). The summed E-state index contributed by atoms with van der Waals surface area (Å²) >= 11 is 0. The van der Waals surface area contributed by atoms with Crippen LogP contribution < -0.4 is 4.74 Å². The first kappa shape index (κ1) is 12.0. The summed E-state index contributed by atoms with van der Waals surface area (Å²) in [5.74, 6) is 0.231. The predicted molar refractivity (Wildman–Crippen MR) is 57.4 cm³/mol. The molecule has 0 aliphatic heterocycles. The van der Waals surface area contributed by atoms with E-state index in [-0.39, 0.29) is 5.82 Å². The molecule has 0 radical (unpaired) electrons. The van der Waals surface area contributed by atoms with Crippen LogP contribution in [0, 0.1) is 5.82 Å². The van der Waals surface area contributed by atoms with Gasteiger partial charge in [0.2, 0.25) is 0 Å². The minimum Gasteiger partial charge on any atom is -0.493 e. The first-order valence-electron chi connectivity index (χ1n) is 5.29. The number of aliphatic hydroxyl groups excluding tert-OH is 1. The maximum absolute atomic E-state index is 13.0. The van der Waals surface area contributed by atoms with Crippen molar-refractivity contribution in [3.63, 3.8) is 0 Å². The Balaban J connectivity index is 2.92. The number of halogens is 1. The maximum atomic E-state index is 13.0. The molecule has 1 aromatic carbocycles. The molecule has 1 aromatic rings. The summed E-state index contributed by atoms with van der Waals surface area (Å²) in [7, 11) is 0. The predicted octanol–water partition coefficient (Wildman–Crippen LogP) is 3.06. The number of hydrogen-bond acceptors (Lipinski definition) is 2. The summed E-state index contributed by atoms with van der Waals surface area (Å²) in [5.41, 5.74) is 0.533. The van der Waals surface area contributed by atoms with Crippen LogP contribution in [0.5, 0.6) is 5.75 Å². The lowest BCUT2D eigenvalue weighted by atomic mass is 10.1. The van der Waals surface area contributed by atoms with Gasteiger partial charge in [0.1, 0.15) is 11.6 Å². The number of aliphatic hydroxyl groups is 1. The summed E-state index contributed by atoms with van der Waals surface area (Å²) in [5, 5.41) is 9.69. The highest BCUT2D eigenvalue weighted by Crippen LogP contribution is 2.28. The van der Waals surface area contributed by atoms with Gasteiger partial charge in [-0.15, -0.1) is 0 Å². The fraction of sp³-hybridized carbons (Fsp3) is 0.500. The summed E-state index contributed by atoms with van der Waals surface area (Å²) in [6, 6.07) is 4.25. The van der Waals surface area contributed by atoms with E-state index in [1.165, 1.54) is 12.1 Å². The van der Waals surface area contributed by atoms with E-state index < -0.39 is 6.10 Å². The van der Waals surface area contributed by atoms with Crippen molar-refractivity contribution < 1.29 is 14.2 Å². The Morgan fingerprint density at radius 3 is 2.73 bits per heavy atom. The van der Waals surface area contributed by atoms with Gasteiger partial charge < -0.3 is 9.84 Å². The summed E-state index contributed by atoms with van der Waals surface area (Å²) < 4.78 is 18.4. The van der Waals surface area contributed by atoms with Crippen molar-refractivity contribution in [2.45, 2.75) is 32.8 Å². The fourth-order valence-corrected chi connectivity index (χ4v) is 1.34.